The van der Waals surface area contributed by atoms with Gasteiger partial charge in [-0.15, -0.1) is 0 Å². The van der Waals surface area contributed by atoms with Crippen molar-refractivity contribution >= 4 is 17.9 Å². The van der Waals surface area contributed by atoms with Crippen molar-refractivity contribution < 1.29 is 34.1 Å². The fourth-order valence-corrected chi connectivity index (χ4v) is 2.01. The monoisotopic (exact) mass is 294 g/mol. The average Bonchev–Trinajstić information content (AvgIpc) is 2.73. The molecule has 1 heterocycles. The standard InChI is InChI=1S/C14H14O7/c1-2-20-11(16)6-10(15)12(17)7-3-4-8-9(5-7)14(19)21-13(8)18/h3-5,10,12,15,17H,2,6H2,1H3. The first-order chi connectivity index (χ1) is 9.93. The van der Waals surface area contributed by atoms with E-state index >= 15 is 0 Å². The number of ether oxygens (including phenoxy) is 2. The van der Waals surface area contributed by atoms with E-state index in [-0.39, 0.29) is 29.7 Å². The lowest BCUT2D eigenvalue weighted by Gasteiger charge is -2.17. The van der Waals surface area contributed by atoms with Crippen molar-refractivity contribution in [2.45, 2.75) is 25.6 Å². The molecule has 21 heavy (non-hydrogen) atoms. The molecule has 0 saturated carbocycles. The Balaban J connectivity index is 2.15. The third-order valence-electron chi connectivity index (χ3n) is 3.06. The molecule has 0 aliphatic carbocycles. The van der Waals surface area contributed by atoms with Crippen LogP contribution in [-0.4, -0.2) is 40.8 Å². The number of carbonyl (C=O) groups is 3. The Morgan fingerprint density at radius 3 is 2.57 bits per heavy atom. The van der Waals surface area contributed by atoms with E-state index in [0.717, 1.165) is 0 Å². The van der Waals surface area contributed by atoms with Crippen molar-refractivity contribution in [1.29, 1.82) is 0 Å². The first-order valence-corrected chi connectivity index (χ1v) is 6.36. The van der Waals surface area contributed by atoms with Gasteiger partial charge >= 0.3 is 17.9 Å². The van der Waals surface area contributed by atoms with Gasteiger partial charge in [-0.2, -0.15) is 0 Å². The molecule has 0 radical (unpaired) electrons. The van der Waals surface area contributed by atoms with Crippen molar-refractivity contribution in [2.75, 3.05) is 6.61 Å². The number of rotatable bonds is 5. The highest BCUT2D eigenvalue weighted by atomic mass is 16.6. The predicted molar refractivity (Wildman–Crippen MR) is 68.4 cm³/mol. The van der Waals surface area contributed by atoms with Crippen LogP contribution in [0.25, 0.3) is 0 Å². The molecule has 0 bridgehead atoms. The zero-order chi connectivity index (χ0) is 15.6. The van der Waals surface area contributed by atoms with E-state index in [0.29, 0.717) is 0 Å². The van der Waals surface area contributed by atoms with Gasteiger partial charge < -0.3 is 19.7 Å². The Bertz CT molecular complexity index is 593. The maximum atomic E-state index is 11.4. The van der Waals surface area contributed by atoms with Gasteiger partial charge in [0.2, 0.25) is 0 Å². The van der Waals surface area contributed by atoms with E-state index in [2.05, 4.69) is 9.47 Å². The first kappa shape index (κ1) is 15.1. The van der Waals surface area contributed by atoms with E-state index in [1.165, 1.54) is 18.2 Å². The highest BCUT2D eigenvalue weighted by Gasteiger charge is 2.31. The lowest BCUT2D eigenvalue weighted by molar-refractivity contribution is -0.147. The Morgan fingerprint density at radius 2 is 1.90 bits per heavy atom. The maximum absolute atomic E-state index is 11.4. The van der Waals surface area contributed by atoms with Crippen molar-refractivity contribution in [3.05, 3.63) is 34.9 Å². The molecular formula is C14H14O7. The SMILES string of the molecule is CCOC(=O)CC(O)C(O)c1ccc2c(c1)C(=O)OC2=O. The molecule has 1 aliphatic rings. The van der Waals surface area contributed by atoms with E-state index in [4.69, 9.17) is 0 Å². The lowest BCUT2D eigenvalue weighted by atomic mass is 9.98. The molecule has 0 spiro atoms. The summed E-state index contributed by atoms with van der Waals surface area (Å²) in [7, 11) is 0. The number of fused-ring (bicyclic) bond motifs is 1. The van der Waals surface area contributed by atoms with Gasteiger partial charge in [-0.3, -0.25) is 4.79 Å². The third kappa shape index (κ3) is 3.09. The van der Waals surface area contributed by atoms with Gasteiger partial charge in [0.15, 0.2) is 0 Å². The van der Waals surface area contributed by atoms with Gasteiger partial charge in [-0.05, 0) is 24.6 Å². The molecule has 2 N–H and O–H groups in total. The number of benzene rings is 1. The second-order valence-electron chi connectivity index (χ2n) is 4.50. The van der Waals surface area contributed by atoms with Crippen molar-refractivity contribution in [3.8, 4) is 0 Å². The summed E-state index contributed by atoms with van der Waals surface area (Å²) in [5.74, 6) is -2.19. The third-order valence-corrected chi connectivity index (χ3v) is 3.06. The molecule has 1 aromatic rings. The number of esters is 3. The van der Waals surface area contributed by atoms with Gasteiger partial charge in [-0.1, -0.05) is 6.07 Å². The molecule has 112 valence electrons. The maximum Gasteiger partial charge on any atom is 0.346 e. The summed E-state index contributed by atoms with van der Waals surface area (Å²) < 4.78 is 9.10. The van der Waals surface area contributed by atoms with Crippen LogP contribution in [0, 0.1) is 0 Å². The molecule has 2 rings (SSSR count). The largest absolute Gasteiger partial charge is 0.466 e. The Hall–Kier alpha value is -2.25. The molecule has 7 nitrogen and oxygen atoms in total. The summed E-state index contributed by atoms with van der Waals surface area (Å²) in [6.45, 7) is 1.80. The van der Waals surface area contributed by atoms with Crippen LogP contribution < -0.4 is 0 Å². The first-order valence-electron chi connectivity index (χ1n) is 6.36. The second-order valence-corrected chi connectivity index (χ2v) is 4.50. The quantitative estimate of drug-likeness (QED) is 0.595. The fraction of sp³-hybridized carbons (Fsp3) is 0.357. The van der Waals surface area contributed by atoms with Crippen LogP contribution in [0.3, 0.4) is 0 Å². The minimum Gasteiger partial charge on any atom is -0.466 e. The van der Waals surface area contributed by atoms with Crippen molar-refractivity contribution in [1.82, 2.24) is 0 Å². The molecule has 0 aromatic heterocycles. The van der Waals surface area contributed by atoms with E-state index in [1.807, 2.05) is 0 Å². The van der Waals surface area contributed by atoms with Gasteiger partial charge in [-0.25, -0.2) is 9.59 Å². The molecule has 0 amide bonds. The fourth-order valence-electron chi connectivity index (χ4n) is 2.01. The molecule has 1 aromatic carbocycles. The number of cyclic esters (lactones) is 2. The predicted octanol–water partition coefficient (Wildman–Crippen LogP) is 0.345. The number of aliphatic hydroxyl groups excluding tert-OH is 2. The second kappa shape index (κ2) is 6.02. The Labute approximate surface area is 120 Å². The summed E-state index contributed by atoms with van der Waals surface area (Å²) in [6.07, 6.45) is -3.14. The minimum atomic E-state index is -1.39. The molecule has 7 heteroatoms. The molecule has 1 aliphatic heterocycles. The van der Waals surface area contributed by atoms with Crippen LogP contribution in [0.5, 0.6) is 0 Å². The minimum absolute atomic E-state index is 0.0277. The van der Waals surface area contributed by atoms with Gasteiger partial charge in [0.05, 0.1) is 30.3 Å². The van der Waals surface area contributed by atoms with Crippen LogP contribution in [0.1, 0.15) is 45.7 Å². The van der Waals surface area contributed by atoms with Crippen LogP contribution in [-0.2, 0) is 14.3 Å². The Kier molecular flexibility index (Phi) is 4.35. The average molecular weight is 294 g/mol. The van der Waals surface area contributed by atoms with Crippen molar-refractivity contribution in [2.24, 2.45) is 0 Å². The van der Waals surface area contributed by atoms with Crippen molar-refractivity contribution in [3.63, 3.8) is 0 Å². The topological polar surface area (TPSA) is 110 Å². The number of carbonyl (C=O) groups excluding carboxylic acids is 3. The highest BCUT2D eigenvalue weighted by molar-refractivity contribution is 6.14. The Morgan fingerprint density at radius 1 is 1.24 bits per heavy atom. The van der Waals surface area contributed by atoms with Gasteiger partial charge in [0.25, 0.3) is 0 Å². The van der Waals surface area contributed by atoms with Crippen LogP contribution in [0.15, 0.2) is 18.2 Å². The summed E-state index contributed by atoms with van der Waals surface area (Å²) >= 11 is 0. The summed E-state index contributed by atoms with van der Waals surface area (Å²) in [5, 5.41) is 19.8. The molecule has 0 fully saturated rings. The smallest absolute Gasteiger partial charge is 0.346 e. The number of hydrogen-bond acceptors (Lipinski definition) is 7. The van der Waals surface area contributed by atoms with Gasteiger partial charge in [0, 0.05) is 0 Å². The van der Waals surface area contributed by atoms with E-state index in [9.17, 15) is 24.6 Å². The molecule has 2 unspecified atom stereocenters. The highest BCUT2D eigenvalue weighted by Crippen LogP contribution is 2.26. The van der Waals surface area contributed by atoms with Crippen LogP contribution in [0.2, 0.25) is 0 Å². The number of hydrogen-bond donors (Lipinski definition) is 2. The van der Waals surface area contributed by atoms with Crippen LogP contribution in [0.4, 0.5) is 0 Å². The molecular weight excluding hydrogens is 280 g/mol. The number of aliphatic hydroxyl groups is 2. The van der Waals surface area contributed by atoms with Crippen LogP contribution >= 0.6 is 0 Å². The summed E-state index contributed by atoms with van der Waals surface area (Å²) in [5.41, 5.74) is 0.341. The van der Waals surface area contributed by atoms with E-state index in [1.54, 1.807) is 6.92 Å². The van der Waals surface area contributed by atoms with E-state index < -0.39 is 30.1 Å². The summed E-state index contributed by atoms with van der Waals surface area (Å²) in [6, 6.07) is 3.98. The van der Waals surface area contributed by atoms with Gasteiger partial charge in [0.1, 0.15) is 6.10 Å². The molecule has 2 atom stereocenters. The summed E-state index contributed by atoms with van der Waals surface area (Å²) in [4.78, 5) is 34.0. The zero-order valence-corrected chi connectivity index (χ0v) is 11.2. The lowest BCUT2D eigenvalue weighted by Crippen LogP contribution is -2.23. The molecule has 0 saturated heterocycles. The normalized spacial score (nSPS) is 16.1. The zero-order valence-electron chi connectivity index (χ0n) is 11.2.